The lowest BCUT2D eigenvalue weighted by atomic mass is 10.1. The highest BCUT2D eigenvalue weighted by atomic mass is 16.2. The van der Waals surface area contributed by atoms with E-state index in [1.165, 1.54) is 0 Å². The minimum absolute atomic E-state index is 0.122. The maximum atomic E-state index is 13.0. The van der Waals surface area contributed by atoms with E-state index in [-0.39, 0.29) is 11.8 Å². The fraction of sp³-hybridized carbons (Fsp3) is 0.320. The minimum Gasteiger partial charge on any atom is -0.352 e. The highest BCUT2D eigenvalue weighted by molar-refractivity contribution is 5.99. The van der Waals surface area contributed by atoms with E-state index in [0.717, 1.165) is 16.8 Å². The van der Waals surface area contributed by atoms with Gasteiger partial charge in [-0.3, -0.25) is 9.59 Å². The maximum Gasteiger partial charge on any atom is 0.255 e. The number of benzene rings is 2. The van der Waals surface area contributed by atoms with Gasteiger partial charge in [0.2, 0.25) is 5.91 Å². The van der Waals surface area contributed by atoms with Crippen LogP contribution in [0, 0.1) is 6.92 Å². The highest BCUT2D eigenvalue weighted by Crippen LogP contribution is 2.23. The third kappa shape index (κ3) is 5.60. The molecule has 0 bridgehead atoms. The molecular formula is C25H30N4O2. The molecule has 0 aliphatic rings. The summed E-state index contributed by atoms with van der Waals surface area (Å²) in [6.07, 6.45) is 2.80. The van der Waals surface area contributed by atoms with E-state index in [1.54, 1.807) is 15.8 Å². The van der Waals surface area contributed by atoms with Crippen molar-refractivity contribution < 1.29 is 9.59 Å². The molecule has 1 aromatic heterocycles. The van der Waals surface area contributed by atoms with Crippen molar-refractivity contribution in [3.05, 3.63) is 71.9 Å². The van der Waals surface area contributed by atoms with Crippen LogP contribution >= 0.6 is 0 Å². The lowest BCUT2D eigenvalue weighted by molar-refractivity contribution is -0.130. The van der Waals surface area contributed by atoms with Gasteiger partial charge in [-0.15, -0.1) is 0 Å². The summed E-state index contributed by atoms with van der Waals surface area (Å²) < 4.78 is 1.74. The van der Waals surface area contributed by atoms with Crippen molar-refractivity contribution in [2.24, 2.45) is 0 Å². The monoisotopic (exact) mass is 418 g/mol. The number of aryl methyl sites for hydroxylation is 1. The maximum absolute atomic E-state index is 13.0. The van der Waals surface area contributed by atoms with Gasteiger partial charge >= 0.3 is 0 Å². The Hall–Kier alpha value is -3.41. The Morgan fingerprint density at radius 2 is 1.68 bits per heavy atom. The van der Waals surface area contributed by atoms with Crippen LogP contribution in [0.1, 0.15) is 42.6 Å². The first-order valence-electron chi connectivity index (χ1n) is 10.8. The van der Waals surface area contributed by atoms with Crippen molar-refractivity contribution in [2.75, 3.05) is 19.6 Å². The van der Waals surface area contributed by atoms with Gasteiger partial charge < -0.3 is 10.2 Å². The smallest absolute Gasteiger partial charge is 0.255 e. The van der Waals surface area contributed by atoms with Gasteiger partial charge in [-0.25, -0.2) is 4.68 Å². The van der Waals surface area contributed by atoms with Crippen molar-refractivity contribution >= 4 is 11.8 Å². The average molecular weight is 419 g/mol. The van der Waals surface area contributed by atoms with E-state index < -0.39 is 0 Å². The van der Waals surface area contributed by atoms with E-state index in [0.29, 0.717) is 43.7 Å². The first-order chi connectivity index (χ1) is 15.0. The average Bonchev–Trinajstić information content (AvgIpc) is 3.24. The summed E-state index contributed by atoms with van der Waals surface area (Å²) in [5, 5.41) is 7.65. The largest absolute Gasteiger partial charge is 0.352 e. The molecule has 1 N–H and O–H groups in total. The molecule has 2 amide bonds. The van der Waals surface area contributed by atoms with Crippen LogP contribution in [0.4, 0.5) is 0 Å². The number of nitrogens with one attached hydrogen (secondary N) is 1. The predicted octanol–water partition coefficient (Wildman–Crippen LogP) is 4.23. The molecule has 2 aromatic carbocycles. The van der Waals surface area contributed by atoms with E-state index in [4.69, 9.17) is 5.10 Å². The van der Waals surface area contributed by atoms with Gasteiger partial charge in [0, 0.05) is 37.8 Å². The predicted molar refractivity (Wildman–Crippen MR) is 123 cm³/mol. The molecule has 3 aromatic rings. The lowest BCUT2D eigenvalue weighted by Crippen LogP contribution is -2.31. The lowest BCUT2D eigenvalue weighted by Gasteiger charge is -2.18. The van der Waals surface area contributed by atoms with Gasteiger partial charge in [0.15, 0.2) is 0 Å². The number of amides is 2. The molecule has 0 saturated carbocycles. The zero-order chi connectivity index (χ0) is 22.2. The molecule has 3 rings (SSSR count). The van der Waals surface area contributed by atoms with Gasteiger partial charge in [0.05, 0.1) is 11.3 Å². The first-order valence-corrected chi connectivity index (χ1v) is 10.8. The molecule has 0 radical (unpaired) electrons. The fourth-order valence-electron chi connectivity index (χ4n) is 3.45. The van der Waals surface area contributed by atoms with Crippen LogP contribution in [0.3, 0.4) is 0 Å². The number of hydrogen-bond acceptors (Lipinski definition) is 3. The molecule has 6 heteroatoms. The second-order valence-corrected chi connectivity index (χ2v) is 7.46. The van der Waals surface area contributed by atoms with Crippen LogP contribution in [0.25, 0.3) is 16.9 Å². The number of hydrogen-bond donors (Lipinski definition) is 1. The van der Waals surface area contributed by atoms with Crippen LogP contribution in [0.5, 0.6) is 0 Å². The molecule has 0 atom stereocenters. The quantitative estimate of drug-likeness (QED) is 0.529. The van der Waals surface area contributed by atoms with Crippen LogP contribution in [-0.2, 0) is 4.79 Å². The van der Waals surface area contributed by atoms with Gasteiger partial charge in [0.25, 0.3) is 5.91 Å². The standard InChI is InChI=1S/C25H30N4O2/c1-4-28(5-2)23(30)12-9-17-26-25(31)22-18-29(21-15-13-19(3)14-16-21)27-24(22)20-10-7-6-8-11-20/h6-8,10-11,13-16,18H,4-5,9,12,17H2,1-3H3,(H,26,31). The van der Waals surface area contributed by atoms with Crippen LogP contribution < -0.4 is 5.32 Å². The molecule has 1 heterocycles. The summed E-state index contributed by atoms with van der Waals surface area (Å²) in [6.45, 7) is 7.84. The third-order valence-corrected chi connectivity index (χ3v) is 5.27. The molecule has 0 unspecified atom stereocenters. The number of aromatic nitrogens is 2. The van der Waals surface area contributed by atoms with Crippen molar-refractivity contribution in [1.29, 1.82) is 0 Å². The molecular weight excluding hydrogens is 388 g/mol. The zero-order valence-corrected chi connectivity index (χ0v) is 18.5. The number of nitrogens with zero attached hydrogens (tertiary/aromatic N) is 3. The van der Waals surface area contributed by atoms with Crippen LogP contribution in [-0.4, -0.2) is 46.1 Å². The Morgan fingerprint density at radius 3 is 2.32 bits per heavy atom. The number of carbonyl (C=O) groups is 2. The molecule has 6 nitrogen and oxygen atoms in total. The Labute approximate surface area is 183 Å². The van der Waals surface area contributed by atoms with Crippen molar-refractivity contribution in [3.8, 4) is 16.9 Å². The molecule has 162 valence electrons. The fourth-order valence-corrected chi connectivity index (χ4v) is 3.45. The van der Waals surface area contributed by atoms with Gasteiger partial charge in [-0.2, -0.15) is 5.10 Å². The summed E-state index contributed by atoms with van der Waals surface area (Å²) in [4.78, 5) is 26.9. The summed E-state index contributed by atoms with van der Waals surface area (Å²) >= 11 is 0. The molecule has 0 saturated heterocycles. The zero-order valence-electron chi connectivity index (χ0n) is 18.5. The van der Waals surface area contributed by atoms with Crippen molar-refractivity contribution in [2.45, 2.75) is 33.6 Å². The second kappa shape index (κ2) is 10.6. The summed E-state index contributed by atoms with van der Waals surface area (Å²) in [5.74, 6) is -0.0658. The first kappa shape index (κ1) is 22.3. The van der Waals surface area contributed by atoms with Gasteiger partial charge in [-0.05, 0) is 39.3 Å². The molecule has 0 spiro atoms. The summed E-state index contributed by atoms with van der Waals surface area (Å²) in [7, 11) is 0. The second-order valence-electron chi connectivity index (χ2n) is 7.46. The molecule has 0 fully saturated rings. The van der Waals surface area contributed by atoms with E-state index >= 15 is 0 Å². The minimum atomic E-state index is -0.187. The van der Waals surface area contributed by atoms with Gasteiger partial charge in [0.1, 0.15) is 5.69 Å². The molecule has 31 heavy (non-hydrogen) atoms. The van der Waals surface area contributed by atoms with Crippen molar-refractivity contribution in [3.63, 3.8) is 0 Å². The topological polar surface area (TPSA) is 67.2 Å². The van der Waals surface area contributed by atoms with Crippen LogP contribution in [0.15, 0.2) is 60.8 Å². The van der Waals surface area contributed by atoms with Gasteiger partial charge in [-0.1, -0.05) is 48.0 Å². The molecule has 0 aliphatic heterocycles. The Balaban J connectivity index is 1.75. The van der Waals surface area contributed by atoms with E-state index in [9.17, 15) is 9.59 Å². The normalized spacial score (nSPS) is 10.7. The summed E-state index contributed by atoms with van der Waals surface area (Å²) in [5.41, 5.74) is 4.10. The Bertz CT molecular complexity index is 1010. The Morgan fingerprint density at radius 1 is 1.00 bits per heavy atom. The summed E-state index contributed by atoms with van der Waals surface area (Å²) in [6, 6.07) is 17.7. The van der Waals surface area contributed by atoms with Crippen LogP contribution in [0.2, 0.25) is 0 Å². The Kier molecular flexibility index (Phi) is 7.60. The number of carbonyl (C=O) groups excluding carboxylic acids is 2. The SMILES string of the molecule is CCN(CC)C(=O)CCCNC(=O)c1cn(-c2ccc(C)cc2)nc1-c1ccccc1. The molecule has 0 aliphatic carbocycles. The van der Waals surface area contributed by atoms with E-state index in [1.807, 2.05) is 75.4 Å². The van der Waals surface area contributed by atoms with Crippen molar-refractivity contribution in [1.82, 2.24) is 20.0 Å². The highest BCUT2D eigenvalue weighted by Gasteiger charge is 2.18. The van der Waals surface area contributed by atoms with E-state index in [2.05, 4.69) is 5.32 Å². The number of rotatable bonds is 9. The third-order valence-electron chi connectivity index (χ3n) is 5.27.